The highest BCUT2D eigenvalue weighted by atomic mass is 16.5. The molecule has 2 nitrogen and oxygen atoms in total. The molecule has 2 aliphatic rings. The number of rotatable bonds is 0. The zero-order valence-electron chi connectivity index (χ0n) is 9.94. The van der Waals surface area contributed by atoms with Crippen LogP contribution in [-0.4, -0.2) is 6.54 Å². The molecule has 0 saturated carbocycles. The summed E-state index contributed by atoms with van der Waals surface area (Å²) in [4.78, 5) is 0. The van der Waals surface area contributed by atoms with E-state index in [9.17, 15) is 0 Å². The Balaban J connectivity index is 2.00. The van der Waals surface area contributed by atoms with Gasteiger partial charge in [-0.25, -0.2) is 0 Å². The molecule has 2 aliphatic heterocycles. The van der Waals surface area contributed by atoms with Crippen molar-refractivity contribution in [3.05, 3.63) is 53.6 Å². The van der Waals surface area contributed by atoms with Gasteiger partial charge in [-0.1, -0.05) is 36.4 Å². The summed E-state index contributed by atoms with van der Waals surface area (Å²) in [5, 5.41) is 3.39. The quantitative estimate of drug-likeness (QED) is 0.752. The van der Waals surface area contributed by atoms with E-state index in [0.29, 0.717) is 6.61 Å². The van der Waals surface area contributed by atoms with E-state index in [1.165, 1.54) is 27.9 Å². The zero-order chi connectivity index (χ0) is 11.9. The van der Waals surface area contributed by atoms with Crippen LogP contribution in [0, 0.1) is 0 Å². The molecule has 0 amide bonds. The highest BCUT2D eigenvalue weighted by molar-refractivity contribution is 5.84. The van der Waals surface area contributed by atoms with Crippen LogP contribution in [-0.2, 0) is 6.61 Å². The molecule has 0 fully saturated rings. The van der Waals surface area contributed by atoms with Crippen LogP contribution in [0.2, 0.25) is 0 Å². The summed E-state index contributed by atoms with van der Waals surface area (Å²) in [7, 11) is 0. The summed E-state index contributed by atoms with van der Waals surface area (Å²) in [5.74, 6) is 0.984. The molecule has 18 heavy (non-hydrogen) atoms. The Labute approximate surface area is 106 Å². The number of hydrogen-bond donors (Lipinski definition) is 1. The van der Waals surface area contributed by atoms with E-state index in [4.69, 9.17) is 4.74 Å². The molecule has 0 saturated heterocycles. The Bertz CT molecular complexity index is 658. The largest absolute Gasteiger partial charge is 0.488 e. The molecule has 2 aromatic carbocycles. The van der Waals surface area contributed by atoms with Gasteiger partial charge in [0, 0.05) is 28.9 Å². The van der Waals surface area contributed by atoms with Gasteiger partial charge in [0.1, 0.15) is 12.4 Å². The molecule has 0 aromatic heterocycles. The van der Waals surface area contributed by atoms with Crippen LogP contribution in [0.1, 0.15) is 11.1 Å². The first-order valence-electron chi connectivity index (χ1n) is 6.22. The van der Waals surface area contributed by atoms with Crippen LogP contribution in [0.3, 0.4) is 0 Å². The zero-order valence-corrected chi connectivity index (χ0v) is 9.94. The number of benzene rings is 2. The van der Waals surface area contributed by atoms with Crippen LogP contribution >= 0.6 is 0 Å². The highest BCUT2D eigenvalue weighted by Crippen LogP contribution is 2.41. The van der Waals surface area contributed by atoms with Crippen molar-refractivity contribution in [2.45, 2.75) is 6.61 Å². The van der Waals surface area contributed by atoms with Crippen molar-refractivity contribution in [2.24, 2.45) is 0 Å². The predicted octanol–water partition coefficient (Wildman–Crippen LogP) is 3.68. The smallest absolute Gasteiger partial charge is 0.127 e. The Morgan fingerprint density at radius 1 is 1.00 bits per heavy atom. The Kier molecular flexibility index (Phi) is 1.97. The van der Waals surface area contributed by atoms with Gasteiger partial charge in [0.15, 0.2) is 0 Å². The van der Waals surface area contributed by atoms with E-state index in [-0.39, 0.29) is 0 Å². The lowest BCUT2D eigenvalue weighted by molar-refractivity contribution is 0.302. The molecule has 0 atom stereocenters. The van der Waals surface area contributed by atoms with Crippen molar-refractivity contribution in [3.8, 4) is 16.9 Å². The van der Waals surface area contributed by atoms with Gasteiger partial charge in [-0.05, 0) is 17.7 Å². The van der Waals surface area contributed by atoms with Crippen molar-refractivity contribution in [3.63, 3.8) is 0 Å². The number of fused-ring (bicyclic) bond motifs is 5. The Morgan fingerprint density at radius 3 is 2.94 bits per heavy atom. The van der Waals surface area contributed by atoms with Crippen molar-refractivity contribution >= 4 is 11.8 Å². The number of anilines is 1. The highest BCUT2D eigenvalue weighted by Gasteiger charge is 2.21. The molecule has 0 unspecified atom stereocenters. The third kappa shape index (κ3) is 1.29. The lowest BCUT2D eigenvalue weighted by Crippen LogP contribution is -2.12. The van der Waals surface area contributed by atoms with Gasteiger partial charge < -0.3 is 10.1 Å². The lowest BCUT2D eigenvalue weighted by atomic mass is 9.91. The van der Waals surface area contributed by atoms with Gasteiger partial charge in [0.05, 0.1) is 0 Å². The minimum Gasteiger partial charge on any atom is -0.488 e. The normalized spacial score (nSPS) is 14.9. The van der Waals surface area contributed by atoms with Crippen LogP contribution in [0.5, 0.6) is 5.75 Å². The fourth-order valence-corrected chi connectivity index (χ4v) is 2.73. The summed E-state index contributed by atoms with van der Waals surface area (Å²) < 4.78 is 5.85. The Hall–Kier alpha value is -2.22. The maximum atomic E-state index is 5.85. The van der Waals surface area contributed by atoms with Crippen LogP contribution < -0.4 is 10.1 Å². The predicted molar refractivity (Wildman–Crippen MR) is 73.7 cm³/mol. The maximum Gasteiger partial charge on any atom is 0.127 e. The molecule has 2 aromatic rings. The molecule has 0 aliphatic carbocycles. The summed E-state index contributed by atoms with van der Waals surface area (Å²) >= 11 is 0. The van der Waals surface area contributed by atoms with Gasteiger partial charge in [-0.2, -0.15) is 0 Å². The number of ether oxygens (including phenoxy) is 1. The van der Waals surface area contributed by atoms with E-state index in [1.54, 1.807) is 0 Å². The fraction of sp³-hybridized carbons (Fsp3) is 0.125. The minimum absolute atomic E-state index is 0.654. The number of hydrogen-bond acceptors (Lipinski definition) is 2. The van der Waals surface area contributed by atoms with E-state index < -0.39 is 0 Å². The van der Waals surface area contributed by atoms with E-state index in [0.717, 1.165) is 12.3 Å². The van der Waals surface area contributed by atoms with E-state index in [1.807, 2.05) is 12.1 Å². The summed E-state index contributed by atoms with van der Waals surface area (Å²) in [6.45, 7) is 1.56. The summed E-state index contributed by atoms with van der Waals surface area (Å²) in [6.07, 6.45) is 4.35. The van der Waals surface area contributed by atoms with Gasteiger partial charge in [-0.3, -0.25) is 0 Å². The van der Waals surface area contributed by atoms with Gasteiger partial charge in [0.25, 0.3) is 0 Å². The third-order valence-electron chi connectivity index (χ3n) is 3.60. The van der Waals surface area contributed by atoms with Crippen molar-refractivity contribution in [2.75, 3.05) is 11.9 Å². The molecule has 0 bridgehead atoms. The second-order valence-corrected chi connectivity index (χ2v) is 4.62. The molecule has 2 heteroatoms. The van der Waals surface area contributed by atoms with E-state index >= 15 is 0 Å². The second-order valence-electron chi connectivity index (χ2n) is 4.62. The van der Waals surface area contributed by atoms with Gasteiger partial charge in [0.2, 0.25) is 0 Å². The molecule has 2 heterocycles. The van der Waals surface area contributed by atoms with E-state index in [2.05, 4.69) is 41.7 Å². The first-order chi connectivity index (χ1) is 8.93. The average molecular weight is 235 g/mol. The fourth-order valence-electron chi connectivity index (χ4n) is 2.73. The number of nitrogens with one attached hydrogen (secondary N) is 1. The standard InChI is InChI=1S/C16H13NO/c1-2-6-16-13(4-1)11-7-8-15-12(5-3-9-17-15)14(11)10-18-16/h1-8,17H,9-10H2. The molecule has 88 valence electrons. The lowest BCUT2D eigenvalue weighted by Gasteiger charge is -2.25. The average Bonchev–Trinajstić information content (AvgIpc) is 2.46. The molecule has 4 rings (SSSR count). The summed E-state index contributed by atoms with van der Waals surface area (Å²) in [6, 6.07) is 12.6. The van der Waals surface area contributed by atoms with Gasteiger partial charge >= 0.3 is 0 Å². The van der Waals surface area contributed by atoms with Crippen molar-refractivity contribution in [1.29, 1.82) is 0 Å². The first-order valence-corrected chi connectivity index (χ1v) is 6.22. The van der Waals surface area contributed by atoms with Crippen molar-refractivity contribution < 1.29 is 4.74 Å². The SMILES string of the molecule is C1=Cc2c(ccc3c2COc2ccccc2-3)NC1. The number of para-hydroxylation sites is 1. The van der Waals surface area contributed by atoms with Crippen LogP contribution in [0.25, 0.3) is 17.2 Å². The molecular weight excluding hydrogens is 222 g/mol. The van der Waals surface area contributed by atoms with Crippen molar-refractivity contribution in [1.82, 2.24) is 0 Å². The molecule has 0 spiro atoms. The van der Waals surface area contributed by atoms with Crippen LogP contribution in [0.4, 0.5) is 5.69 Å². The Morgan fingerprint density at radius 2 is 1.94 bits per heavy atom. The molecule has 1 N–H and O–H groups in total. The minimum atomic E-state index is 0.654. The molecule has 0 radical (unpaired) electrons. The van der Waals surface area contributed by atoms with Crippen LogP contribution in [0.15, 0.2) is 42.5 Å². The topological polar surface area (TPSA) is 21.3 Å². The first kappa shape index (κ1) is 9.77. The summed E-state index contributed by atoms with van der Waals surface area (Å²) in [5.41, 5.74) is 6.26. The second kappa shape index (κ2) is 3.64. The maximum absolute atomic E-state index is 5.85. The monoisotopic (exact) mass is 235 g/mol. The van der Waals surface area contributed by atoms with Gasteiger partial charge in [-0.15, -0.1) is 0 Å². The third-order valence-corrected chi connectivity index (χ3v) is 3.60. The molecular formula is C16H13NO.